The zero-order valence-corrected chi connectivity index (χ0v) is 10.7. The highest BCUT2D eigenvalue weighted by Gasteiger charge is 2.12. The molecule has 0 unspecified atom stereocenters. The summed E-state index contributed by atoms with van der Waals surface area (Å²) in [6.45, 7) is 3.92. The summed E-state index contributed by atoms with van der Waals surface area (Å²) in [5.41, 5.74) is 1.05. The van der Waals surface area contributed by atoms with Crippen molar-refractivity contribution >= 4 is 0 Å². The van der Waals surface area contributed by atoms with Gasteiger partial charge >= 0.3 is 0 Å². The number of nitriles is 1. The molecule has 0 aliphatic heterocycles. The molecule has 2 aromatic rings. The van der Waals surface area contributed by atoms with Crippen molar-refractivity contribution in [2.45, 2.75) is 19.8 Å². The maximum atomic E-state index is 13.0. The Labute approximate surface area is 110 Å². The average molecular weight is 256 g/mol. The third-order valence-corrected chi connectivity index (χ3v) is 2.91. The van der Waals surface area contributed by atoms with Crippen LogP contribution in [0.4, 0.5) is 4.39 Å². The number of pyridine rings is 1. The second-order valence-electron chi connectivity index (χ2n) is 4.56. The maximum absolute atomic E-state index is 13.0. The van der Waals surface area contributed by atoms with Crippen LogP contribution in [-0.2, 0) is 0 Å². The Bertz CT molecular complexity index is 694. The Hall–Kier alpha value is -2.41. The number of rotatable bonds is 2. The first-order valence-corrected chi connectivity index (χ1v) is 5.96. The van der Waals surface area contributed by atoms with Crippen LogP contribution in [0.15, 0.2) is 41.2 Å². The number of hydrogen-bond acceptors (Lipinski definition) is 2. The molecule has 96 valence electrons. The van der Waals surface area contributed by atoms with Crippen LogP contribution < -0.4 is 5.56 Å². The summed E-state index contributed by atoms with van der Waals surface area (Å²) in [6.07, 6.45) is 0. The van der Waals surface area contributed by atoms with Crippen molar-refractivity contribution in [3.63, 3.8) is 0 Å². The molecule has 0 spiro atoms. The summed E-state index contributed by atoms with van der Waals surface area (Å²) in [6, 6.07) is 10.8. The van der Waals surface area contributed by atoms with Gasteiger partial charge in [-0.15, -0.1) is 0 Å². The molecule has 0 N–H and O–H groups in total. The van der Waals surface area contributed by atoms with E-state index >= 15 is 0 Å². The molecule has 0 aliphatic carbocycles. The molecule has 0 atom stereocenters. The highest BCUT2D eigenvalue weighted by atomic mass is 19.1. The van der Waals surface area contributed by atoms with Crippen molar-refractivity contribution < 1.29 is 4.39 Å². The Morgan fingerprint density at radius 1 is 1.16 bits per heavy atom. The largest absolute Gasteiger partial charge is 0.280 e. The van der Waals surface area contributed by atoms with Crippen molar-refractivity contribution in [3.05, 3.63) is 63.8 Å². The summed E-state index contributed by atoms with van der Waals surface area (Å²) in [7, 11) is 0. The minimum absolute atomic E-state index is 0.0775. The fourth-order valence-corrected chi connectivity index (χ4v) is 1.94. The summed E-state index contributed by atoms with van der Waals surface area (Å²) >= 11 is 0. The molecule has 0 aliphatic rings. The lowest BCUT2D eigenvalue weighted by atomic mass is 10.1. The zero-order chi connectivity index (χ0) is 14.0. The van der Waals surface area contributed by atoms with Crippen LogP contribution in [0.3, 0.4) is 0 Å². The lowest BCUT2D eigenvalue weighted by Gasteiger charge is -2.15. The van der Waals surface area contributed by atoms with Gasteiger partial charge in [0, 0.05) is 11.4 Å². The molecule has 0 saturated heterocycles. The van der Waals surface area contributed by atoms with Gasteiger partial charge in [-0.1, -0.05) is 13.8 Å². The number of benzene rings is 1. The topological polar surface area (TPSA) is 45.8 Å². The second-order valence-corrected chi connectivity index (χ2v) is 4.56. The van der Waals surface area contributed by atoms with Crippen molar-refractivity contribution in [1.29, 1.82) is 5.26 Å². The first kappa shape index (κ1) is 13.0. The van der Waals surface area contributed by atoms with E-state index in [1.54, 1.807) is 6.07 Å². The van der Waals surface area contributed by atoms with Gasteiger partial charge in [-0.25, -0.2) is 4.39 Å². The molecule has 1 aromatic carbocycles. The van der Waals surface area contributed by atoms with Gasteiger partial charge in [0.05, 0.1) is 0 Å². The molecule has 0 fully saturated rings. The number of nitrogens with zero attached hydrogens (tertiary/aromatic N) is 2. The van der Waals surface area contributed by atoms with Gasteiger partial charge in [-0.2, -0.15) is 5.26 Å². The molecule has 4 heteroatoms. The number of aromatic nitrogens is 1. The van der Waals surface area contributed by atoms with E-state index in [9.17, 15) is 9.18 Å². The van der Waals surface area contributed by atoms with Gasteiger partial charge in [0.1, 0.15) is 17.4 Å². The molecule has 0 amide bonds. The SMILES string of the molecule is CC(C)c1ccc(C#N)c(=O)n1-c1ccc(F)cc1. The normalized spacial score (nSPS) is 10.5. The van der Waals surface area contributed by atoms with Crippen LogP contribution in [-0.4, -0.2) is 4.57 Å². The van der Waals surface area contributed by atoms with Gasteiger partial charge in [0.2, 0.25) is 0 Å². The van der Waals surface area contributed by atoms with Crippen molar-refractivity contribution in [2.24, 2.45) is 0 Å². The van der Waals surface area contributed by atoms with Crippen LogP contribution in [0.2, 0.25) is 0 Å². The van der Waals surface area contributed by atoms with Crippen LogP contribution in [0.25, 0.3) is 5.69 Å². The lowest BCUT2D eigenvalue weighted by molar-refractivity contribution is 0.627. The third-order valence-electron chi connectivity index (χ3n) is 2.91. The van der Waals surface area contributed by atoms with Gasteiger partial charge in [-0.3, -0.25) is 9.36 Å². The number of hydrogen-bond donors (Lipinski definition) is 0. The van der Waals surface area contributed by atoms with Crippen LogP contribution in [0.1, 0.15) is 31.0 Å². The first-order valence-electron chi connectivity index (χ1n) is 5.96. The fourth-order valence-electron chi connectivity index (χ4n) is 1.94. The fraction of sp³-hybridized carbons (Fsp3) is 0.200. The van der Waals surface area contributed by atoms with Gasteiger partial charge in [0.25, 0.3) is 5.56 Å². The summed E-state index contributed by atoms with van der Waals surface area (Å²) in [5, 5.41) is 8.94. The molecule has 3 nitrogen and oxygen atoms in total. The van der Waals surface area contributed by atoms with Crippen molar-refractivity contribution in [3.8, 4) is 11.8 Å². The quantitative estimate of drug-likeness (QED) is 0.829. The molecular weight excluding hydrogens is 243 g/mol. The molecule has 1 aromatic heterocycles. The number of halogens is 1. The van der Waals surface area contributed by atoms with Gasteiger partial charge in [-0.05, 0) is 42.3 Å². The summed E-state index contributed by atoms with van der Waals surface area (Å²) in [5.74, 6) is -0.246. The Kier molecular flexibility index (Phi) is 3.48. The standard InChI is InChI=1S/C15H13FN2O/c1-10(2)14-8-3-11(9-17)15(19)18(14)13-6-4-12(16)5-7-13/h3-8,10H,1-2H3. The summed E-state index contributed by atoms with van der Waals surface area (Å²) < 4.78 is 14.4. The van der Waals surface area contributed by atoms with E-state index in [4.69, 9.17) is 5.26 Å². The van der Waals surface area contributed by atoms with Crippen LogP contribution in [0, 0.1) is 17.1 Å². The summed E-state index contributed by atoms with van der Waals surface area (Å²) in [4.78, 5) is 12.3. The van der Waals surface area contributed by atoms with Crippen molar-refractivity contribution in [2.75, 3.05) is 0 Å². The lowest BCUT2D eigenvalue weighted by Crippen LogP contribution is -2.24. The van der Waals surface area contributed by atoms with Crippen molar-refractivity contribution in [1.82, 2.24) is 4.57 Å². The first-order chi connectivity index (χ1) is 9.04. The molecule has 0 saturated carbocycles. The minimum atomic E-state index is -0.375. The Morgan fingerprint density at radius 2 is 1.79 bits per heavy atom. The van der Waals surface area contributed by atoms with Gasteiger partial charge in [0.15, 0.2) is 0 Å². The maximum Gasteiger partial charge on any atom is 0.273 e. The minimum Gasteiger partial charge on any atom is -0.280 e. The highest BCUT2D eigenvalue weighted by molar-refractivity contribution is 5.39. The van der Waals surface area contributed by atoms with E-state index < -0.39 is 0 Å². The van der Waals surface area contributed by atoms with Crippen LogP contribution in [0.5, 0.6) is 0 Å². The molecule has 0 bridgehead atoms. The van der Waals surface area contributed by atoms with Gasteiger partial charge < -0.3 is 0 Å². The van der Waals surface area contributed by atoms with Crippen LogP contribution >= 0.6 is 0 Å². The molecular formula is C15H13FN2O. The second kappa shape index (κ2) is 5.07. The highest BCUT2D eigenvalue weighted by Crippen LogP contribution is 2.17. The van der Waals surface area contributed by atoms with E-state index in [0.717, 1.165) is 5.69 Å². The molecule has 2 rings (SSSR count). The van der Waals surface area contributed by atoms with E-state index in [2.05, 4.69) is 0 Å². The smallest absolute Gasteiger partial charge is 0.273 e. The van der Waals surface area contributed by atoms with E-state index in [1.165, 1.54) is 34.9 Å². The molecule has 0 radical (unpaired) electrons. The molecule has 1 heterocycles. The third kappa shape index (κ3) is 2.41. The average Bonchev–Trinajstić information content (AvgIpc) is 2.39. The Balaban J connectivity index is 2.76. The zero-order valence-electron chi connectivity index (χ0n) is 10.7. The van der Waals surface area contributed by atoms with E-state index in [1.807, 2.05) is 19.9 Å². The predicted octanol–water partition coefficient (Wildman–Crippen LogP) is 2.97. The predicted molar refractivity (Wildman–Crippen MR) is 70.8 cm³/mol. The molecule has 19 heavy (non-hydrogen) atoms. The van der Waals surface area contributed by atoms with E-state index in [-0.39, 0.29) is 22.9 Å². The van der Waals surface area contributed by atoms with E-state index in [0.29, 0.717) is 5.69 Å². The monoisotopic (exact) mass is 256 g/mol. The Morgan fingerprint density at radius 3 is 2.32 bits per heavy atom.